The van der Waals surface area contributed by atoms with Gasteiger partial charge in [0.1, 0.15) is 0 Å². The highest BCUT2D eigenvalue weighted by Gasteiger charge is 2.16. The Bertz CT molecular complexity index is 272. The van der Waals surface area contributed by atoms with Crippen molar-refractivity contribution in [3.05, 3.63) is 34.9 Å². The quantitative estimate of drug-likeness (QED) is 0.790. The lowest BCUT2D eigenvalue weighted by Crippen LogP contribution is -2.38. The van der Waals surface area contributed by atoms with Gasteiger partial charge in [0.2, 0.25) is 0 Å². The van der Waals surface area contributed by atoms with Crippen LogP contribution in [0.25, 0.3) is 0 Å². The second kappa shape index (κ2) is 5.56. The molecule has 0 aliphatic heterocycles. The van der Waals surface area contributed by atoms with Crippen molar-refractivity contribution in [3.63, 3.8) is 0 Å². The monoisotopic (exact) mass is 235 g/mol. The molecule has 14 heavy (non-hydrogen) atoms. The maximum atomic E-state index is 8.83. The highest BCUT2D eigenvalue weighted by Crippen LogP contribution is 2.15. The normalized spacial score (nSPS) is 10.9. The van der Waals surface area contributed by atoms with Crippen molar-refractivity contribution < 1.29 is 5.21 Å². The van der Waals surface area contributed by atoms with E-state index < -0.39 is 0 Å². The first-order chi connectivity index (χ1) is 6.03. The molecule has 0 spiro atoms. The van der Waals surface area contributed by atoms with Crippen molar-refractivity contribution >= 4 is 24.0 Å². The van der Waals surface area contributed by atoms with Crippen LogP contribution < -0.4 is 5.48 Å². The van der Waals surface area contributed by atoms with E-state index >= 15 is 0 Å². The number of halogens is 2. The van der Waals surface area contributed by atoms with Gasteiger partial charge in [-0.3, -0.25) is 0 Å². The summed E-state index contributed by atoms with van der Waals surface area (Å²) in [5, 5.41) is 9.57. The lowest BCUT2D eigenvalue weighted by atomic mass is 9.96. The molecule has 0 unspecified atom stereocenters. The number of nitrogens with one attached hydrogen (secondary N) is 1. The van der Waals surface area contributed by atoms with Gasteiger partial charge in [-0.15, -0.1) is 12.4 Å². The van der Waals surface area contributed by atoms with E-state index in [4.69, 9.17) is 16.8 Å². The van der Waals surface area contributed by atoms with Crippen LogP contribution in [0.3, 0.4) is 0 Å². The number of rotatable bonds is 3. The Morgan fingerprint density at radius 2 is 1.79 bits per heavy atom. The third kappa shape index (κ3) is 4.29. The standard InChI is InChI=1S/C10H14ClNO.ClH/c1-10(2,12-13)7-8-3-5-9(11)6-4-8;/h3-6,12-13H,7H2,1-2H3;1H. The smallest absolute Gasteiger partial charge is 0.0414 e. The minimum atomic E-state index is -0.298. The summed E-state index contributed by atoms with van der Waals surface area (Å²) in [4.78, 5) is 0. The van der Waals surface area contributed by atoms with Gasteiger partial charge in [-0.1, -0.05) is 23.7 Å². The van der Waals surface area contributed by atoms with E-state index in [1.807, 2.05) is 38.1 Å². The molecular formula is C10H15Cl2NO. The van der Waals surface area contributed by atoms with Gasteiger partial charge in [0.05, 0.1) is 0 Å². The summed E-state index contributed by atoms with van der Waals surface area (Å²) in [5.74, 6) is 0. The zero-order valence-electron chi connectivity index (χ0n) is 8.25. The largest absolute Gasteiger partial charge is 0.316 e. The van der Waals surface area contributed by atoms with Crippen molar-refractivity contribution in [1.82, 2.24) is 5.48 Å². The molecule has 1 aromatic carbocycles. The SMILES string of the molecule is CC(C)(Cc1ccc(Cl)cc1)NO.Cl. The van der Waals surface area contributed by atoms with Crippen molar-refractivity contribution in [3.8, 4) is 0 Å². The summed E-state index contributed by atoms with van der Waals surface area (Å²) in [6.07, 6.45) is 0.765. The van der Waals surface area contributed by atoms with Crippen LogP contribution in [0.1, 0.15) is 19.4 Å². The van der Waals surface area contributed by atoms with Crippen LogP contribution in [0.2, 0.25) is 5.02 Å². The molecule has 0 aliphatic carbocycles. The molecule has 0 radical (unpaired) electrons. The van der Waals surface area contributed by atoms with Crippen molar-refractivity contribution in [2.75, 3.05) is 0 Å². The summed E-state index contributed by atoms with van der Waals surface area (Å²) in [5.41, 5.74) is 3.12. The molecule has 0 aromatic heterocycles. The van der Waals surface area contributed by atoms with E-state index in [0.29, 0.717) is 0 Å². The van der Waals surface area contributed by atoms with Crippen molar-refractivity contribution in [2.24, 2.45) is 0 Å². The molecule has 0 saturated carbocycles. The zero-order chi connectivity index (χ0) is 9.90. The molecule has 80 valence electrons. The van der Waals surface area contributed by atoms with Crippen LogP contribution in [0, 0.1) is 0 Å². The maximum Gasteiger partial charge on any atom is 0.0414 e. The van der Waals surface area contributed by atoms with Gasteiger partial charge in [-0.05, 0) is 38.0 Å². The highest BCUT2D eigenvalue weighted by molar-refractivity contribution is 6.30. The maximum absolute atomic E-state index is 8.83. The lowest BCUT2D eigenvalue weighted by molar-refractivity contribution is 0.0817. The summed E-state index contributed by atoms with van der Waals surface area (Å²) >= 11 is 5.75. The molecule has 0 amide bonds. The second-order valence-corrected chi connectivity index (χ2v) is 4.24. The predicted molar refractivity (Wildman–Crippen MR) is 61.4 cm³/mol. The highest BCUT2D eigenvalue weighted by atomic mass is 35.5. The molecule has 1 rings (SSSR count). The van der Waals surface area contributed by atoms with E-state index in [9.17, 15) is 0 Å². The van der Waals surface area contributed by atoms with E-state index in [0.717, 1.165) is 17.0 Å². The van der Waals surface area contributed by atoms with Crippen LogP contribution in [-0.4, -0.2) is 10.7 Å². The van der Waals surface area contributed by atoms with Gasteiger partial charge in [0.15, 0.2) is 0 Å². The van der Waals surface area contributed by atoms with Gasteiger partial charge < -0.3 is 5.21 Å². The average Bonchev–Trinajstić information content (AvgIpc) is 2.09. The molecule has 1 aromatic rings. The summed E-state index contributed by atoms with van der Waals surface area (Å²) < 4.78 is 0. The first kappa shape index (κ1) is 13.7. The van der Waals surface area contributed by atoms with E-state index in [1.165, 1.54) is 0 Å². The predicted octanol–water partition coefficient (Wildman–Crippen LogP) is 3.06. The molecule has 0 saturated heterocycles. The van der Waals surface area contributed by atoms with E-state index in [1.54, 1.807) is 0 Å². The van der Waals surface area contributed by atoms with Crippen molar-refractivity contribution in [1.29, 1.82) is 0 Å². The lowest BCUT2D eigenvalue weighted by Gasteiger charge is -2.22. The van der Waals surface area contributed by atoms with E-state index in [2.05, 4.69) is 5.48 Å². The fourth-order valence-corrected chi connectivity index (χ4v) is 1.28. The van der Waals surface area contributed by atoms with Gasteiger partial charge >= 0.3 is 0 Å². The molecule has 0 fully saturated rings. The average molecular weight is 236 g/mol. The Labute approximate surface area is 95.6 Å². The van der Waals surface area contributed by atoms with Crippen molar-refractivity contribution in [2.45, 2.75) is 25.8 Å². The Balaban J connectivity index is 0.00000169. The van der Waals surface area contributed by atoms with Gasteiger partial charge in [-0.25, -0.2) is 0 Å². The minimum absolute atomic E-state index is 0. The fourth-order valence-electron chi connectivity index (χ4n) is 1.15. The Morgan fingerprint density at radius 3 is 2.21 bits per heavy atom. The van der Waals surface area contributed by atoms with Crippen LogP contribution in [0.4, 0.5) is 0 Å². The zero-order valence-corrected chi connectivity index (χ0v) is 9.82. The first-order valence-electron chi connectivity index (χ1n) is 4.19. The number of benzene rings is 1. The van der Waals surface area contributed by atoms with E-state index in [-0.39, 0.29) is 17.9 Å². The molecule has 0 atom stereocenters. The number of hydroxylamine groups is 1. The molecule has 0 aliphatic rings. The number of hydrogen-bond acceptors (Lipinski definition) is 2. The van der Waals surface area contributed by atoms with Crippen LogP contribution in [0.5, 0.6) is 0 Å². The second-order valence-electron chi connectivity index (χ2n) is 3.80. The third-order valence-electron chi connectivity index (χ3n) is 1.86. The summed E-state index contributed by atoms with van der Waals surface area (Å²) in [6, 6.07) is 7.62. The third-order valence-corrected chi connectivity index (χ3v) is 2.11. The van der Waals surface area contributed by atoms with Gasteiger partial charge in [0, 0.05) is 10.6 Å². The fraction of sp³-hybridized carbons (Fsp3) is 0.400. The summed E-state index contributed by atoms with van der Waals surface area (Å²) in [6.45, 7) is 3.86. The number of hydrogen-bond donors (Lipinski definition) is 2. The molecule has 2 nitrogen and oxygen atoms in total. The summed E-state index contributed by atoms with van der Waals surface area (Å²) in [7, 11) is 0. The molecular weight excluding hydrogens is 221 g/mol. The Kier molecular flexibility index (Phi) is 5.45. The van der Waals surface area contributed by atoms with Crippen LogP contribution in [0.15, 0.2) is 24.3 Å². The van der Waals surface area contributed by atoms with Crippen LogP contribution >= 0.6 is 24.0 Å². The molecule has 2 N–H and O–H groups in total. The molecule has 0 heterocycles. The van der Waals surface area contributed by atoms with Gasteiger partial charge in [0.25, 0.3) is 0 Å². The first-order valence-corrected chi connectivity index (χ1v) is 4.57. The minimum Gasteiger partial charge on any atom is -0.316 e. The van der Waals surface area contributed by atoms with Crippen LogP contribution in [-0.2, 0) is 6.42 Å². The topological polar surface area (TPSA) is 32.3 Å². The Hall–Kier alpha value is -0.280. The molecule has 4 heteroatoms. The molecule has 0 bridgehead atoms. The Morgan fingerprint density at radius 1 is 1.29 bits per heavy atom. The van der Waals surface area contributed by atoms with Gasteiger partial charge in [-0.2, -0.15) is 5.48 Å².